The van der Waals surface area contributed by atoms with Crippen LogP contribution in [0.2, 0.25) is 0 Å². The van der Waals surface area contributed by atoms with Crippen molar-refractivity contribution >= 4 is 43.6 Å². The van der Waals surface area contributed by atoms with Crippen molar-refractivity contribution in [1.82, 2.24) is 0 Å². The first kappa shape index (κ1) is 57.4. The van der Waals surface area contributed by atoms with Crippen LogP contribution in [0.25, 0.3) is 0 Å². The Bertz CT molecular complexity index is 1190. The quantitative estimate of drug-likeness (QED) is 0.0185. The number of rotatable bonds is 42. The van der Waals surface area contributed by atoms with Crippen molar-refractivity contribution in [2.45, 2.75) is 134 Å². The molecule has 0 fully saturated rings. The van der Waals surface area contributed by atoms with Crippen LogP contribution < -0.4 is 0 Å². The Morgan fingerprint density at radius 3 is 0.629 bits per heavy atom. The van der Waals surface area contributed by atoms with Gasteiger partial charge in [-0.25, -0.2) is 33.3 Å². The molecule has 0 aromatic carbocycles. The van der Waals surface area contributed by atoms with Crippen LogP contribution in [0.1, 0.15) is 116 Å². The number of carbonyl (C=O) groups is 6. The van der Waals surface area contributed by atoms with Crippen LogP contribution in [-0.4, -0.2) is 93.8 Å². The van der Waals surface area contributed by atoms with Crippen molar-refractivity contribution < 1.29 is 75.3 Å². The molecule has 0 N–H and O–H groups in total. The third-order valence-electron chi connectivity index (χ3n) is 8.82. The number of phosphoric acid groups is 1. The summed E-state index contributed by atoms with van der Waals surface area (Å²) < 4.78 is 65.3. The predicted molar refractivity (Wildman–Crippen MR) is 232 cm³/mol. The van der Waals surface area contributed by atoms with Gasteiger partial charge in [-0.15, -0.1) is 0 Å². The molecule has 350 valence electrons. The number of phosphoric ester groups is 1. The van der Waals surface area contributed by atoms with Crippen LogP contribution in [0.4, 0.5) is 0 Å². The van der Waals surface area contributed by atoms with Crippen molar-refractivity contribution in [2.24, 2.45) is 0 Å². The molecule has 0 heterocycles. The van der Waals surface area contributed by atoms with Gasteiger partial charge in [-0.3, -0.25) is 13.6 Å². The fourth-order valence-corrected chi connectivity index (χ4v) is 7.48. The van der Waals surface area contributed by atoms with E-state index in [1.54, 1.807) is 0 Å². The molecule has 0 atom stereocenters. The molecular formula is C45H69O16P. The van der Waals surface area contributed by atoms with Gasteiger partial charge < -0.3 is 28.4 Å². The van der Waals surface area contributed by atoms with Gasteiger partial charge in [-0.2, -0.15) is 0 Å². The van der Waals surface area contributed by atoms with Gasteiger partial charge in [0.05, 0.1) is 58.0 Å². The first-order valence-corrected chi connectivity index (χ1v) is 22.7. The van der Waals surface area contributed by atoms with Gasteiger partial charge in [0, 0.05) is 36.5 Å². The maximum Gasteiger partial charge on any atom is 0.475 e. The van der Waals surface area contributed by atoms with Gasteiger partial charge in [-0.05, 0) is 116 Å². The van der Waals surface area contributed by atoms with E-state index in [-0.39, 0.29) is 39.6 Å². The number of unbranched alkanes of at least 4 members (excludes halogenated alkanes) is 6. The molecule has 0 rings (SSSR count). The minimum absolute atomic E-state index is 0.137. The van der Waals surface area contributed by atoms with Crippen LogP contribution in [0, 0.1) is 0 Å². The summed E-state index contributed by atoms with van der Waals surface area (Å²) in [5, 5.41) is 0. The number of hydrogen-bond donors (Lipinski definition) is 0. The second kappa shape index (κ2) is 38.1. The third kappa shape index (κ3) is 33.1. The van der Waals surface area contributed by atoms with Crippen LogP contribution in [0.15, 0.2) is 75.9 Å². The lowest BCUT2D eigenvalue weighted by molar-refractivity contribution is -0.138. The fourth-order valence-electron chi connectivity index (χ4n) is 5.61. The van der Waals surface area contributed by atoms with Crippen molar-refractivity contribution in [3.05, 3.63) is 75.9 Å². The first-order chi connectivity index (χ1) is 29.8. The van der Waals surface area contributed by atoms with Crippen molar-refractivity contribution in [3.63, 3.8) is 0 Å². The molecule has 0 saturated carbocycles. The second-order valence-electron chi connectivity index (χ2n) is 13.8. The maximum absolute atomic E-state index is 15.2. The molecule has 62 heavy (non-hydrogen) atoms. The second-order valence-corrected chi connectivity index (χ2v) is 15.4. The van der Waals surface area contributed by atoms with Crippen LogP contribution in [0.3, 0.4) is 0 Å². The molecule has 0 spiro atoms. The zero-order valence-electron chi connectivity index (χ0n) is 36.4. The third-order valence-corrected chi connectivity index (χ3v) is 10.5. The molecule has 0 bridgehead atoms. The van der Waals surface area contributed by atoms with E-state index < -0.39 is 62.0 Å². The summed E-state index contributed by atoms with van der Waals surface area (Å²) in [6.45, 7) is 21.3. The number of ether oxygens (including phenoxy) is 6. The minimum Gasteiger partial charge on any atom is -0.463 e. The Labute approximate surface area is 367 Å². The van der Waals surface area contributed by atoms with Gasteiger partial charge in [0.1, 0.15) is 0 Å². The van der Waals surface area contributed by atoms with E-state index >= 15 is 4.57 Å². The molecule has 0 aliphatic rings. The van der Waals surface area contributed by atoms with Crippen LogP contribution >= 0.6 is 7.82 Å². The molecule has 0 aromatic heterocycles. The van der Waals surface area contributed by atoms with Crippen molar-refractivity contribution in [3.8, 4) is 0 Å². The summed E-state index contributed by atoms with van der Waals surface area (Å²) in [5.74, 6) is -3.30. The maximum atomic E-state index is 15.2. The molecule has 0 aliphatic heterocycles. The topological polar surface area (TPSA) is 203 Å². The molecule has 0 aromatic rings. The summed E-state index contributed by atoms with van der Waals surface area (Å²) in [7, 11) is -4.44. The lowest BCUT2D eigenvalue weighted by Crippen LogP contribution is -2.22. The Morgan fingerprint density at radius 1 is 0.323 bits per heavy atom. The molecule has 0 amide bonds. The molecule has 0 aliphatic carbocycles. The highest BCUT2D eigenvalue weighted by Crippen LogP contribution is 2.55. The minimum atomic E-state index is -4.44. The summed E-state index contributed by atoms with van der Waals surface area (Å²) in [6.07, 6.45) is 12.8. The van der Waals surface area contributed by atoms with E-state index in [1.807, 2.05) is 0 Å². The predicted octanol–water partition coefficient (Wildman–Crippen LogP) is 8.65. The summed E-state index contributed by atoms with van der Waals surface area (Å²) in [5.41, 5.74) is 0. The van der Waals surface area contributed by atoms with E-state index in [1.165, 1.54) is 0 Å². The summed E-state index contributed by atoms with van der Waals surface area (Å²) >= 11 is 0. The normalized spacial score (nSPS) is 11.0. The summed E-state index contributed by atoms with van der Waals surface area (Å²) in [6, 6.07) is 0. The zero-order chi connectivity index (χ0) is 46.3. The van der Waals surface area contributed by atoms with Gasteiger partial charge in [0.2, 0.25) is 0 Å². The van der Waals surface area contributed by atoms with Crippen LogP contribution in [-0.2, 0) is 75.3 Å². The SMILES string of the molecule is C=CC(=O)OCCCCC(CCCCOC(=O)C=C)OP(=O)(OC(CCCCOC(=O)C=C)CCCCOC(=O)C=C)OC(CCCCOC(=O)C=C)CCCCOC(=O)C=C. The highest BCUT2D eigenvalue weighted by molar-refractivity contribution is 7.48. The Morgan fingerprint density at radius 2 is 0.484 bits per heavy atom. The van der Waals surface area contributed by atoms with Gasteiger partial charge in [0.25, 0.3) is 0 Å². The van der Waals surface area contributed by atoms with Crippen molar-refractivity contribution in [1.29, 1.82) is 0 Å². The molecule has 0 saturated heterocycles. The Hall–Kier alpha value is -4.63. The lowest BCUT2D eigenvalue weighted by Gasteiger charge is -2.31. The van der Waals surface area contributed by atoms with Gasteiger partial charge in [-0.1, -0.05) is 39.5 Å². The smallest absolute Gasteiger partial charge is 0.463 e. The van der Waals surface area contributed by atoms with Gasteiger partial charge in [0.15, 0.2) is 0 Å². The Kier molecular flexibility index (Phi) is 35.2. The van der Waals surface area contributed by atoms with E-state index in [9.17, 15) is 28.8 Å². The highest BCUT2D eigenvalue weighted by atomic mass is 31.2. The Balaban J connectivity index is 6.60. The average molecular weight is 897 g/mol. The first-order valence-electron chi connectivity index (χ1n) is 21.2. The summed E-state index contributed by atoms with van der Waals surface area (Å²) in [4.78, 5) is 69.7. The standard InChI is InChI=1S/C45H69O16P/c1-7-40(46)53-31-19-13-25-37(26-14-20-32-54-41(47)8-2)59-62(52,60-38(27-15-21-33-55-42(48)9-3)28-16-22-34-56-43(49)10-4)61-39(29-17-23-35-57-44(50)11-5)30-18-24-36-58-45(51)12-6/h7-12,37-39H,1-6,13-36H2. The largest absolute Gasteiger partial charge is 0.475 e. The fraction of sp³-hybridized carbons (Fsp3) is 0.600. The van der Waals surface area contributed by atoms with E-state index in [0.717, 1.165) is 36.5 Å². The molecule has 0 radical (unpaired) electrons. The van der Waals surface area contributed by atoms with E-state index in [0.29, 0.717) is 116 Å². The number of carbonyl (C=O) groups excluding carboxylic acids is 6. The molecular weight excluding hydrogens is 827 g/mol. The molecule has 17 heteroatoms. The number of hydrogen-bond acceptors (Lipinski definition) is 16. The van der Waals surface area contributed by atoms with Crippen molar-refractivity contribution in [2.75, 3.05) is 39.6 Å². The average Bonchev–Trinajstić information content (AvgIpc) is 3.26. The lowest BCUT2D eigenvalue weighted by atomic mass is 10.1. The van der Waals surface area contributed by atoms with E-state index in [4.69, 9.17) is 42.0 Å². The van der Waals surface area contributed by atoms with E-state index in [2.05, 4.69) is 39.5 Å². The molecule has 0 unspecified atom stereocenters. The molecule has 16 nitrogen and oxygen atoms in total. The zero-order valence-corrected chi connectivity index (χ0v) is 37.3. The monoisotopic (exact) mass is 896 g/mol. The highest BCUT2D eigenvalue weighted by Gasteiger charge is 2.36. The van der Waals surface area contributed by atoms with Gasteiger partial charge >= 0.3 is 43.6 Å². The number of esters is 6. The van der Waals surface area contributed by atoms with Crippen LogP contribution in [0.5, 0.6) is 0 Å².